The van der Waals surface area contributed by atoms with E-state index >= 15 is 0 Å². The lowest BCUT2D eigenvalue weighted by Gasteiger charge is -2.13. The molecular weight excluding hydrogens is 320 g/mol. The molecule has 4 aromatic carbocycles. The maximum absolute atomic E-state index is 13.3. The van der Waals surface area contributed by atoms with Gasteiger partial charge in [0.25, 0.3) is 0 Å². The second-order valence-corrected chi connectivity index (χ2v) is 6.65. The van der Waals surface area contributed by atoms with Gasteiger partial charge in [0.15, 0.2) is 5.78 Å². The Labute approximate surface area is 151 Å². The minimum absolute atomic E-state index is 0.00333. The first-order valence-electron chi connectivity index (χ1n) is 8.76. The summed E-state index contributed by atoms with van der Waals surface area (Å²) < 4.78 is 5.40. The molecule has 2 nitrogen and oxygen atoms in total. The van der Waals surface area contributed by atoms with Crippen LogP contribution in [0.4, 0.5) is 0 Å². The fourth-order valence-corrected chi connectivity index (χ4v) is 4.05. The van der Waals surface area contributed by atoms with Crippen LogP contribution in [0.3, 0.4) is 0 Å². The molecule has 4 aromatic rings. The molecule has 1 aliphatic carbocycles. The van der Waals surface area contributed by atoms with Gasteiger partial charge in [0.05, 0.1) is 24.5 Å². The maximum Gasteiger partial charge on any atom is 0.197 e. The zero-order valence-corrected chi connectivity index (χ0v) is 14.5. The number of carbonyl (C=O) groups excluding carboxylic acids is 1. The van der Waals surface area contributed by atoms with Crippen LogP contribution in [0.5, 0.6) is 5.75 Å². The number of rotatable bonds is 3. The molecule has 0 N–H and O–H groups in total. The summed E-state index contributed by atoms with van der Waals surface area (Å²) >= 11 is 0. The van der Waals surface area contributed by atoms with Crippen LogP contribution in [0.25, 0.3) is 27.6 Å². The molecule has 0 heterocycles. The lowest BCUT2D eigenvalue weighted by molar-refractivity contribution is 0.103. The van der Waals surface area contributed by atoms with Gasteiger partial charge < -0.3 is 4.74 Å². The first-order valence-corrected chi connectivity index (χ1v) is 8.76. The van der Waals surface area contributed by atoms with Gasteiger partial charge in [0, 0.05) is 29.0 Å². The molecule has 0 unspecified atom stereocenters. The number of hydrogen-bond acceptors (Lipinski definition) is 2. The Morgan fingerprint density at radius 2 is 1.77 bits per heavy atom. The number of benzene rings is 4. The molecule has 0 amide bonds. The predicted molar refractivity (Wildman–Crippen MR) is 106 cm³/mol. The molecule has 0 spiro atoms. The second kappa shape index (κ2) is 5.63. The summed E-state index contributed by atoms with van der Waals surface area (Å²) in [6.07, 6.45) is 5.31. The highest BCUT2D eigenvalue weighted by molar-refractivity contribution is 6.23. The lowest BCUT2D eigenvalue weighted by atomic mass is 9.87. The van der Waals surface area contributed by atoms with Crippen molar-refractivity contribution in [2.24, 2.45) is 0 Å². The first kappa shape index (κ1) is 15.0. The van der Waals surface area contributed by atoms with Crippen molar-refractivity contribution in [2.75, 3.05) is 7.11 Å². The molecule has 5 rings (SSSR count). The van der Waals surface area contributed by atoms with Gasteiger partial charge in [0.1, 0.15) is 17.0 Å². The van der Waals surface area contributed by atoms with E-state index in [9.17, 15) is 4.79 Å². The lowest BCUT2D eigenvalue weighted by Crippen LogP contribution is -2.12. The van der Waals surface area contributed by atoms with Crippen LogP contribution in [0.1, 0.15) is 21.5 Å². The van der Waals surface area contributed by atoms with Crippen molar-refractivity contribution in [3.05, 3.63) is 89.0 Å². The Kier molecular flexibility index (Phi) is 3.26. The van der Waals surface area contributed by atoms with Gasteiger partial charge >= 0.3 is 0 Å². The minimum atomic E-state index is -0.00333. The zero-order valence-electron chi connectivity index (χ0n) is 14.5. The van der Waals surface area contributed by atoms with E-state index in [0.717, 1.165) is 17.4 Å². The molecule has 0 bridgehead atoms. The van der Waals surface area contributed by atoms with Crippen molar-refractivity contribution in [3.8, 4) is 5.75 Å². The average Bonchev–Trinajstić information content (AvgIpc) is 2.71. The first-order chi connectivity index (χ1) is 12.8. The van der Waals surface area contributed by atoms with Gasteiger partial charge in [-0.3, -0.25) is 4.79 Å². The fraction of sp³-hybridized carbons (Fsp3) is 0.0833. The summed E-state index contributed by atoms with van der Waals surface area (Å²) in [6.45, 7) is 0. The molecule has 0 saturated heterocycles. The van der Waals surface area contributed by atoms with Crippen LogP contribution in [-0.2, 0) is 6.42 Å². The topological polar surface area (TPSA) is 26.3 Å². The standard InChI is InChI=1S/C24H17O2/c1-26-21-8-3-2-7-20(21)24(25)19-14-12-17-10-9-15-5-4-6-16-11-13-18(19)23(17)22(15)16/h2-4,6-14H,5H2,1H3/q+1. The third kappa shape index (κ3) is 2.05. The van der Waals surface area contributed by atoms with E-state index in [2.05, 4.69) is 42.8 Å². The van der Waals surface area contributed by atoms with Crippen LogP contribution in [0.2, 0.25) is 0 Å². The maximum atomic E-state index is 13.3. The van der Waals surface area contributed by atoms with Crippen molar-refractivity contribution in [1.29, 1.82) is 0 Å². The van der Waals surface area contributed by atoms with Crippen molar-refractivity contribution in [1.82, 2.24) is 0 Å². The third-order valence-electron chi connectivity index (χ3n) is 5.26. The SMILES string of the molecule is COc1ccccc1C(=O)c1ccc2ccc3c4c(ccc1c24)=C[CH+]C3. The third-order valence-corrected chi connectivity index (χ3v) is 5.26. The zero-order chi connectivity index (χ0) is 17.7. The van der Waals surface area contributed by atoms with E-state index in [1.807, 2.05) is 30.3 Å². The van der Waals surface area contributed by atoms with Crippen molar-refractivity contribution in [3.63, 3.8) is 0 Å². The number of carbonyl (C=O) groups is 1. The Bertz CT molecular complexity index is 1230. The van der Waals surface area contributed by atoms with Crippen molar-refractivity contribution < 1.29 is 9.53 Å². The molecule has 1 aliphatic rings. The summed E-state index contributed by atoms with van der Waals surface area (Å²) in [4.78, 5) is 13.3. The van der Waals surface area contributed by atoms with Crippen LogP contribution in [-0.4, -0.2) is 12.9 Å². The van der Waals surface area contributed by atoms with Gasteiger partial charge in [-0.25, -0.2) is 0 Å². The Morgan fingerprint density at radius 1 is 0.923 bits per heavy atom. The van der Waals surface area contributed by atoms with Gasteiger partial charge in [-0.05, 0) is 35.0 Å². The highest BCUT2D eigenvalue weighted by atomic mass is 16.5. The van der Waals surface area contributed by atoms with E-state index in [-0.39, 0.29) is 5.78 Å². The fourth-order valence-electron chi connectivity index (χ4n) is 4.05. The van der Waals surface area contributed by atoms with Crippen LogP contribution in [0.15, 0.2) is 60.7 Å². The van der Waals surface area contributed by atoms with Gasteiger partial charge in [0.2, 0.25) is 0 Å². The van der Waals surface area contributed by atoms with Gasteiger partial charge in [-0.1, -0.05) is 30.3 Å². The number of hydrogen-bond donors (Lipinski definition) is 0. The summed E-state index contributed by atoms with van der Waals surface area (Å²) in [7, 11) is 1.60. The van der Waals surface area contributed by atoms with Gasteiger partial charge in [-0.15, -0.1) is 0 Å². The van der Waals surface area contributed by atoms with E-state index < -0.39 is 0 Å². The molecule has 0 fully saturated rings. The Hall–Kier alpha value is -3.26. The Morgan fingerprint density at radius 3 is 2.65 bits per heavy atom. The number of ether oxygens (including phenoxy) is 1. The molecule has 0 atom stereocenters. The van der Waals surface area contributed by atoms with Crippen LogP contribution < -0.4 is 9.96 Å². The Balaban J connectivity index is 1.84. The molecule has 0 aliphatic heterocycles. The van der Waals surface area contributed by atoms with Crippen LogP contribution >= 0.6 is 0 Å². The predicted octanol–water partition coefficient (Wildman–Crippen LogP) is 4.49. The molecule has 124 valence electrons. The molecule has 0 aromatic heterocycles. The normalized spacial score (nSPS) is 12.7. The minimum Gasteiger partial charge on any atom is -0.496 e. The smallest absolute Gasteiger partial charge is 0.197 e. The van der Waals surface area contributed by atoms with E-state index in [0.29, 0.717) is 11.3 Å². The summed E-state index contributed by atoms with van der Waals surface area (Å²) in [5.41, 5.74) is 2.64. The van der Waals surface area contributed by atoms with E-state index in [1.54, 1.807) is 7.11 Å². The number of ketones is 1. The number of para-hydroxylation sites is 1. The highest BCUT2D eigenvalue weighted by Crippen LogP contribution is 2.33. The molecule has 26 heavy (non-hydrogen) atoms. The molecule has 0 saturated carbocycles. The van der Waals surface area contributed by atoms with E-state index in [1.165, 1.54) is 26.9 Å². The molecule has 2 heteroatoms. The number of methoxy groups -OCH3 is 1. The summed E-state index contributed by atoms with van der Waals surface area (Å²) in [5.74, 6) is 0.603. The van der Waals surface area contributed by atoms with E-state index in [4.69, 9.17) is 4.74 Å². The monoisotopic (exact) mass is 337 g/mol. The molecular formula is C24H17O2+. The van der Waals surface area contributed by atoms with Crippen molar-refractivity contribution >= 4 is 33.4 Å². The largest absolute Gasteiger partial charge is 0.496 e. The highest BCUT2D eigenvalue weighted by Gasteiger charge is 2.21. The molecule has 0 radical (unpaired) electrons. The average molecular weight is 337 g/mol. The summed E-state index contributed by atoms with van der Waals surface area (Å²) in [5, 5.41) is 5.87. The van der Waals surface area contributed by atoms with Crippen LogP contribution in [0, 0.1) is 6.42 Å². The summed E-state index contributed by atoms with van der Waals surface area (Å²) in [6, 6.07) is 19.9. The van der Waals surface area contributed by atoms with Crippen molar-refractivity contribution in [2.45, 2.75) is 6.42 Å². The quantitative estimate of drug-likeness (QED) is 0.407. The second-order valence-electron chi connectivity index (χ2n) is 6.65. The van der Waals surface area contributed by atoms with Gasteiger partial charge in [-0.2, -0.15) is 0 Å².